The quantitative estimate of drug-likeness (QED) is 0.648. The van der Waals surface area contributed by atoms with Gasteiger partial charge in [-0.15, -0.1) is 0 Å². The Morgan fingerprint density at radius 3 is 2.42 bits per heavy atom. The van der Waals surface area contributed by atoms with Crippen molar-refractivity contribution in [2.75, 3.05) is 39.2 Å². The van der Waals surface area contributed by atoms with Crippen LogP contribution < -0.4 is 22.3 Å². The van der Waals surface area contributed by atoms with Crippen molar-refractivity contribution >= 4 is 10.9 Å². The number of benzene rings is 2. The van der Waals surface area contributed by atoms with Gasteiger partial charge >= 0.3 is 0 Å². The highest BCUT2D eigenvalue weighted by Crippen LogP contribution is 2.31. The lowest BCUT2D eigenvalue weighted by Gasteiger charge is -2.22. The lowest BCUT2D eigenvalue weighted by atomic mass is 10.0. The predicted octanol–water partition coefficient (Wildman–Crippen LogP) is -0.667. The average Bonchev–Trinajstić information content (AvgIpc) is 2.92. The van der Waals surface area contributed by atoms with Crippen molar-refractivity contribution in [3.05, 3.63) is 60.3 Å². The van der Waals surface area contributed by atoms with E-state index in [1.54, 1.807) is 0 Å². The van der Waals surface area contributed by atoms with Crippen LogP contribution in [0.25, 0.3) is 22.0 Å². The first-order valence-electron chi connectivity index (χ1n) is 8.24. The summed E-state index contributed by atoms with van der Waals surface area (Å²) in [5.74, 6) is 0. The molecular weight excluding hydrogens is 318 g/mol. The minimum Gasteiger partial charge on any atom is -1.00 e. The zero-order valence-electron chi connectivity index (χ0n) is 14.9. The second kappa shape index (κ2) is 7.73. The predicted molar refractivity (Wildman–Crippen MR) is 98.8 cm³/mol. The van der Waals surface area contributed by atoms with Gasteiger partial charge in [0, 0.05) is 24.2 Å². The summed E-state index contributed by atoms with van der Waals surface area (Å²) in [6.07, 6.45) is 2.27. The first kappa shape index (κ1) is 18.4. The van der Waals surface area contributed by atoms with Crippen molar-refractivity contribution in [3.8, 4) is 11.1 Å². The zero-order chi connectivity index (χ0) is 16.4. The van der Waals surface area contributed by atoms with Crippen LogP contribution in [0.3, 0.4) is 0 Å². The number of hydrogen-bond acceptors (Lipinski definition) is 1. The van der Waals surface area contributed by atoms with E-state index < -0.39 is 0 Å². The molecule has 1 heterocycles. The van der Waals surface area contributed by atoms with Gasteiger partial charge in [0.05, 0.1) is 32.7 Å². The van der Waals surface area contributed by atoms with E-state index in [0.29, 0.717) is 0 Å². The van der Waals surface area contributed by atoms with Crippen LogP contribution in [-0.2, 0) is 0 Å². The van der Waals surface area contributed by atoms with Crippen molar-refractivity contribution in [3.63, 3.8) is 0 Å². The van der Waals surface area contributed by atoms with Crippen LogP contribution in [0.1, 0.15) is 5.56 Å². The molecule has 0 aliphatic rings. The van der Waals surface area contributed by atoms with E-state index >= 15 is 0 Å². The summed E-state index contributed by atoms with van der Waals surface area (Å²) < 4.78 is 2.29. The molecule has 3 nitrogen and oxygen atoms in total. The number of fused-ring (bicyclic) bond motifs is 1. The van der Waals surface area contributed by atoms with Crippen LogP contribution in [0, 0.1) is 6.92 Å². The van der Waals surface area contributed by atoms with Crippen molar-refractivity contribution in [1.82, 2.24) is 4.68 Å². The first-order chi connectivity index (χ1) is 11.1. The molecular formula is C20H26ClN3. The van der Waals surface area contributed by atoms with Gasteiger partial charge in [0.2, 0.25) is 0 Å². The summed E-state index contributed by atoms with van der Waals surface area (Å²) in [6.45, 7) is 4.29. The van der Waals surface area contributed by atoms with E-state index in [-0.39, 0.29) is 12.4 Å². The smallest absolute Gasteiger partial charge is 0.0961 e. The Kier molecular flexibility index (Phi) is 5.92. The summed E-state index contributed by atoms with van der Waals surface area (Å²) in [4.78, 5) is 1.47. The third-order valence-corrected chi connectivity index (χ3v) is 4.33. The van der Waals surface area contributed by atoms with Gasteiger partial charge in [-0.1, -0.05) is 42.0 Å². The van der Waals surface area contributed by atoms with E-state index in [1.807, 2.05) is 0 Å². The highest BCUT2D eigenvalue weighted by molar-refractivity contribution is 5.96. The number of aryl methyl sites for hydroxylation is 1. The minimum absolute atomic E-state index is 0. The number of halogens is 1. The summed E-state index contributed by atoms with van der Waals surface area (Å²) in [5.41, 5.74) is 5.14. The van der Waals surface area contributed by atoms with E-state index in [1.165, 1.54) is 32.5 Å². The van der Waals surface area contributed by atoms with E-state index in [0.717, 1.165) is 13.1 Å². The molecule has 0 aliphatic heterocycles. The summed E-state index contributed by atoms with van der Waals surface area (Å²) in [7, 11) is 6.55. The molecule has 0 saturated carbocycles. The van der Waals surface area contributed by atoms with Crippen molar-refractivity contribution in [2.24, 2.45) is 0 Å². The van der Waals surface area contributed by atoms with Gasteiger partial charge < -0.3 is 22.3 Å². The maximum Gasteiger partial charge on any atom is 0.0961 e. The van der Waals surface area contributed by atoms with E-state index in [2.05, 4.69) is 92.5 Å². The molecule has 3 aromatic rings. The molecule has 0 atom stereocenters. The fourth-order valence-electron chi connectivity index (χ4n) is 2.95. The van der Waals surface area contributed by atoms with Crippen LogP contribution in [0.5, 0.6) is 0 Å². The fraction of sp³-hybridized carbons (Fsp3) is 0.300. The normalized spacial score (nSPS) is 10.9. The van der Waals surface area contributed by atoms with Crippen LogP contribution in [-0.4, -0.2) is 38.9 Å². The number of hydrogen-bond donors (Lipinski definition) is 1. The maximum absolute atomic E-state index is 2.30. The average molecular weight is 344 g/mol. The van der Waals surface area contributed by atoms with E-state index in [4.69, 9.17) is 0 Å². The monoisotopic (exact) mass is 343 g/mol. The first-order valence-corrected chi connectivity index (χ1v) is 8.24. The minimum atomic E-state index is 0. The number of aromatic nitrogens is 1. The van der Waals surface area contributed by atoms with Gasteiger partial charge in [-0.05, 0) is 24.6 Å². The molecule has 0 bridgehead atoms. The molecule has 1 N–H and O–H groups in total. The molecule has 0 aliphatic carbocycles. The van der Waals surface area contributed by atoms with Gasteiger partial charge in [0.15, 0.2) is 0 Å². The van der Waals surface area contributed by atoms with Gasteiger partial charge in [-0.3, -0.25) is 4.68 Å². The molecule has 0 unspecified atom stereocenters. The third-order valence-electron chi connectivity index (χ3n) is 4.33. The zero-order valence-corrected chi connectivity index (χ0v) is 15.6. The van der Waals surface area contributed by atoms with Crippen LogP contribution in [0.15, 0.2) is 54.7 Å². The third kappa shape index (κ3) is 3.74. The summed E-state index contributed by atoms with van der Waals surface area (Å²) >= 11 is 0. The van der Waals surface area contributed by atoms with Crippen molar-refractivity contribution in [1.29, 1.82) is 0 Å². The Morgan fingerprint density at radius 2 is 1.75 bits per heavy atom. The lowest BCUT2D eigenvalue weighted by molar-refractivity contribution is -0.856. The van der Waals surface area contributed by atoms with Crippen molar-refractivity contribution < 1.29 is 17.3 Å². The topological polar surface area (TPSA) is 12.6 Å². The Labute approximate surface area is 150 Å². The van der Waals surface area contributed by atoms with Crippen LogP contribution >= 0.6 is 0 Å². The lowest BCUT2D eigenvalue weighted by Crippen LogP contribution is -3.06. The van der Waals surface area contributed by atoms with Gasteiger partial charge in [-0.25, -0.2) is 0 Å². The highest BCUT2D eigenvalue weighted by Gasteiger charge is 2.13. The number of rotatable bonds is 5. The Balaban J connectivity index is 0.00000208. The molecule has 0 saturated heterocycles. The molecule has 0 spiro atoms. The standard InChI is InChI=1S/C20H25N3.ClH/c1-16-10-11-20-18(14-16)19(17-8-6-5-7-9-17)15-23(20)22(4)13-12-21(2)3;/h5-11,14-15H,12-13H2,1-4H3;1H. The summed E-state index contributed by atoms with van der Waals surface area (Å²) in [6, 6.07) is 17.4. The van der Waals surface area contributed by atoms with E-state index in [9.17, 15) is 0 Å². The Hall–Kier alpha value is -1.97. The molecule has 4 heteroatoms. The number of nitrogens with zero attached hydrogens (tertiary/aromatic N) is 2. The molecule has 0 amide bonds. The molecule has 1 aromatic heterocycles. The fourth-order valence-corrected chi connectivity index (χ4v) is 2.95. The molecule has 128 valence electrons. The largest absolute Gasteiger partial charge is 1.00 e. The number of likely N-dealkylation sites (N-methyl/N-ethyl adjacent to an activating group) is 2. The molecule has 3 rings (SSSR count). The van der Waals surface area contributed by atoms with Gasteiger partial charge in [-0.2, -0.15) is 0 Å². The highest BCUT2D eigenvalue weighted by atomic mass is 35.5. The second-order valence-electron chi connectivity index (χ2n) is 6.61. The summed E-state index contributed by atoms with van der Waals surface area (Å²) in [5, 5.41) is 3.62. The molecule has 24 heavy (non-hydrogen) atoms. The maximum atomic E-state index is 2.30. The molecule has 0 fully saturated rings. The van der Waals surface area contributed by atoms with Crippen LogP contribution in [0.4, 0.5) is 0 Å². The molecule has 0 radical (unpaired) electrons. The number of nitrogens with one attached hydrogen (secondary N) is 1. The van der Waals surface area contributed by atoms with Gasteiger partial charge in [0.1, 0.15) is 0 Å². The van der Waals surface area contributed by atoms with Crippen molar-refractivity contribution in [2.45, 2.75) is 6.92 Å². The Morgan fingerprint density at radius 1 is 1.04 bits per heavy atom. The Bertz CT molecular complexity index is 793. The SMILES string of the molecule is Cc1ccc2c(c1)c(-c1ccccc1)cn2N(C)CC[NH+](C)C.[Cl-]. The van der Waals surface area contributed by atoms with Crippen LogP contribution in [0.2, 0.25) is 0 Å². The second-order valence-corrected chi connectivity index (χ2v) is 6.61. The number of quaternary nitrogens is 1. The van der Waals surface area contributed by atoms with Gasteiger partial charge in [0.25, 0.3) is 0 Å². The molecule has 2 aromatic carbocycles.